The summed E-state index contributed by atoms with van der Waals surface area (Å²) in [5.41, 5.74) is 7.78. The lowest BCUT2D eigenvalue weighted by atomic mass is 9.98. The fourth-order valence-corrected chi connectivity index (χ4v) is 3.33. The third-order valence-corrected chi connectivity index (χ3v) is 5.22. The number of benzene rings is 2. The molecular weight excluding hydrogens is 434 g/mol. The van der Waals surface area contributed by atoms with E-state index >= 15 is 0 Å². The molecule has 0 unspecified atom stereocenters. The van der Waals surface area contributed by atoms with Crippen molar-refractivity contribution < 1.29 is 24.2 Å². The van der Waals surface area contributed by atoms with Crippen LogP contribution in [0.4, 0.5) is 0 Å². The molecule has 0 aliphatic heterocycles. The molecule has 5 N–H and O–H groups in total. The molecule has 0 spiro atoms. The number of nitrogens with one attached hydrogen (secondary N) is 2. The molecule has 182 valence electrons. The maximum Gasteiger partial charge on any atom is 0.308 e. The van der Waals surface area contributed by atoms with Gasteiger partial charge in [-0.05, 0) is 30.9 Å². The van der Waals surface area contributed by atoms with Gasteiger partial charge in [-0.2, -0.15) is 0 Å². The number of nitrogens with two attached hydrogens (primary N) is 1. The van der Waals surface area contributed by atoms with Crippen LogP contribution < -0.4 is 16.4 Å². The number of rotatable bonds is 13. The number of aliphatic hydroxyl groups is 1. The molecule has 2 rings (SSSR count). The zero-order valence-corrected chi connectivity index (χ0v) is 19.4. The average Bonchev–Trinajstić information content (AvgIpc) is 2.83. The van der Waals surface area contributed by atoms with Crippen molar-refractivity contribution in [3.05, 3.63) is 84.4 Å². The molecule has 0 fully saturated rings. The molecule has 0 radical (unpaired) electrons. The first-order valence-corrected chi connectivity index (χ1v) is 11.2. The lowest BCUT2D eigenvalue weighted by Crippen LogP contribution is -2.54. The Morgan fingerprint density at radius 2 is 1.53 bits per heavy atom. The molecule has 0 aromatic heterocycles. The Morgan fingerprint density at radius 1 is 0.971 bits per heavy atom. The highest BCUT2D eigenvalue weighted by Crippen LogP contribution is 2.10. The van der Waals surface area contributed by atoms with Gasteiger partial charge in [0.05, 0.1) is 24.6 Å². The van der Waals surface area contributed by atoms with Crippen molar-refractivity contribution in [3.63, 3.8) is 0 Å². The second-order valence-corrected chi connectivity index (χ2v) is 8.07. The SMILES string of the molecule is C=CCOC(=O)C[C@H](O)[C@@H](Cc1ccccc1)NC(=O)[C@@H](C)NC(=O)[C@H](N)Cc1ccccc1. The van der Waals surface area contributed by atoms with Crippen LogP contribution in [0.25, 0.3) is 0 Å². The van der Waals surface area contributed by atoms with Crippen molar-refractivity contribution in [2.45, 2.75) is 50.4 Å². The highest BCUT2D eigenvalue weighted by atomic mass is 16.5. The standard InChI is InChI=1S/C26H33N3O5/c1-3-14-34-24(31)17-23(30)22(16-20-12-8-5-9-13-20)29-25(32)18(2)28-26(33)21(27)15-19-10-6-4-7-11-19/h3-13,18,21-23,30H,1,14-17,27H2,2H3,(H,28,33)(H,29,32)/t18-,21-,22-,23+/m1/s1. The highest BCUT2D eigenvalue weighted by Gasteiger charge is 2.28. The summed E-state index contributed by atoms with van der Waals surface area (Å²) in [6.07, 6.45) is 0.568. The minimum Gasteiger partial charge on any atom is -0.461 e. The Balaban J connectivity index is 1.99. The first kappa shape index (κ1) is 26.8. The van der Waals surface area contributed by atoms with Gasteiger partial charge in [0.25, 0.3) is 0 Å². The molecule has 8 nitrogen and oxygen atoms in total. The second kappa shape index (κ2) is 13.9. The maximum atomic E-state index is 12.8. The third-order valence-electron chi connectivity index (χ3n) is 5.22. The maximum absolute atomic E-state index is 12.8. The molecule has 2 aromatic rings. The van der Waals surface area contributed by atoms with Gasteiger partial charge in [-0.25, -0.2) is 0 Å². The number of aliphatic hydroxyl groups excluding tert-OH is 1. The van der Waals surface area contributed by atoms with Crippen LogP contribution in [0.15, 0.2) is 73.3 Å². The predicted octanol–water partition coefficient (Wildman–Crippen LogP) is 1.27. The normalized spacial score (nSPS) is 14.2. The highest BCUT2D eigenvalue weighted by molar-refractivity contribution is 5.89. The topological polar surface area (TPSA) is 131 Å². The smallest absolute Gasteiger partial charge is 0.308 e. The van der Waals surface area contributed by atoms with Crippen LogP contribution in [0.5, 0.6) is 0 Å². The summed E-state index contributed by atoms with van der Waals surface area (Å²) in [4.78, 5) is 37.2. The summed E-state index contributed by atoms with van der Waals surface area (Å²) in [6, 6.07) is 16.1. The van der Waals surface area contributed by atoms with Gasteiger partial charge in [0.1, 0.15) is 12.6 Å². The van der Waals surface area contributed by atoms with Crippen LogP contribution in [0, 0.1) is 0 Å². The van der Waals surface area contributed by atoms with Crippen LogP contribution in [-0.4, -0.2) is 53.7 Å². The summed E-state index contributed by atoms with van der Waals surface area (Å²) >= 11 is 0. The number of hydrogen-bond donors (Lipinski definition) is 4. The van der Waals surface area contributed by atoms with E-state index in [0.29, 0.717) is 6.42 Å². The molecule has 0 bridgehead atoms. The van der Waals surface area contributed by atoms with Crippen molar-refractivity contribution in [1.29, 1.82) is 0 Å². The van der Waals surface area contributed by atoms with Crippen molar-refractivity contribution in [1.82, 2.24) is 10.6 Å². The van der Waals surface area contributed by atoms with E-state index < -0.39 is 42.0 Å². The predicted molar refractivity (Wildman–Crippen MR) is 130 cm³/mol. The quantitative estimate of drug-likeness (QED) is 0.259. The molecular formula is C26H33N3O5. The average molecular weight is 468 g/mol. The van der Waals surface area contributed by atoms with Gasteiger partial charge in [-0.1, -0.05) is 73.3 Å². The van der Waals surface area contributed by atoms with Gasteiger partial charge < -0.3 is 26.2 Å². The summed E-state index contributed by atoms with van der Waals surface area (Å²) in [6.45, 7) is 5.05. The number of esters is 1. The van der Waals surface area contributed by atoms with E-state index in [2.05, 4.69) is 17.2 Å². The van der Waals surface area contributed by atoms with E-state index in [1.54, 1.807) is 0 Å². The summed E-state index contributed by atoms with van der Waals surface area (Å²) in [7, 11) is 0. The van der Waals surface area contributed by atoms with Crippen molar-refractivity contribution >= 4 is 17.8 Å². The van der Waals surface area contributed by atoms with E-state index in [4.69, 9.17) is 10.5 Å². The van der Waals surface area contributed by atoms with Crippen LogP contribution in [0.1, 0.15) is 24.5 Å². The molecule has 4 atom stereocenters. The Hall–Kier alpha value is -3.49. The summed E-state index contributed by atoms with van der Waals surface area (Å²) in [5, 5.41) is 16.0. The molecule has 0 saturated heterocycles. The minimum atomic E-state index is -1.19. The number of hydrogen-bond acceptors (Lipinski definition) is 6. The van der Waals surface area contributed by atoms with Gasteiger partial charge in [0, 0.05) is 0 Å². The van der Waals surface area contributed by atoms with E-state index in [0.717, 1.165) is 11.1 Å². The Labute approximate surface area is 200 Å². The Morgan fingerprint density at radius 3 is 2.09 bits per heavy atom. The van der Waals surface area contributed by atoms with Crippen LogP contribution in [-0.2, 0) is 32.0 Å². The van der Waals surface area contributed by atoms with E-state index in [-0.39, 0.29) is 19.4 Å². The van der Waals surface area contributed by atoms with Crippen molar-refractivity contribution in [2.75, 3.05) is 6.61 Å². The zero-order chi connectivity index (χ0) is 24.9. The molecule has 0 aliphatic rings. The van der Waals surface area contributed by atoms with Crippen LogP contribution >= 0.6 is 0 Å². The number of amides is 2. The number of carbonyl (C=O) groups excluding carboxylic acids is 3. The first-order chi connectivity index (χ1) is 16.3. The zero-order valence-electron chi connectivity index (χ0n) is 19.4. The summed E-state index contributed by atoms with van der Waals surface area (Å²) < 4.78 is 4.94. The molecule has 0 heterocycles. The third kappa shape index (κ3) is 9.17. The monoisotopic (exact) mass is 467 g/mol. The first-order valence-electron chi connectivity index (χ1n) is 11.2. The van der Waals surface area contributed by atoms with Crippen LogP contribution in [0.3, 0.4) is 0 Å². The van der Waals surface area contributed by atoms with Gasteiger partial charge in [-0.3, -0.25) is 14.4 Å². The van der Waals surface area contributed by atoms with Crippen molar-refractivity contribution in [3.8, 4) is 0 Å². The van der Waals surface area contributed by atoms with E-state index in [9.17, 15) is 19.5 Å². The number of carbonyl (C=O) groups is 3. The van der Waals surface area contributed by atoms with Crippen molar-refractivity contribution in [2.24, 2.45) is 5.73 Å². The van der Waals surface area contributed by atoms with Crippen LogP contribution in [0.2, 0.25) is 0 Å². The Kier molecular flexibility index (Phi) is 11.0. The molecule has 8 heteroatoms. The molecule has 2 amide bonds. The lowest BCUT2D eigenvalue weighted by molar-refractivity contribution is -0.145. The Bertz CT molecular complexity index is 936. The fourth-order valence-electron chi connectivity index (χ4n) is 3.33. The largest absolute Gasteiger partial charge is 0.461 e. The van der Waals surface area contributed by atoms with E-state index in [1.807, 2.05) is 60.7 Å². The molecule has 0 saturated carbocycles. The molecule has 34 heavy (non-hydrogen) atoms. The summed E-state index contributed by atoms with van der Waals surface area (Å²) in [5.74, 6) is -1.56. The van der Waals surface area contributed by atoms with Gasteiger partial charge in [0.2, 0.25) is 11.8 Å². The number of ether oxygens (including phenoxy) is 1. The molecule has 0 aliphatic carbocycles. The lowest BCUT2D eigenvalue weighted by Gasteiger charge is -2.26. The fraction of sp³-hybridized carbons (Fsp3) is 0.346. The molecule has 2 aromatic carbocycles. The second-order valence-electron chi connectivity index (χ2n) is 8.07. The van der Waals surface area contributed by atoms with Gasteiger partial charge >= 0.3 is 5.97 Å². The van der Waals surface area contributed by atoms with E-state index in [1.165, 1.54) is 13.0 Å². The minimum absolute atomic E-state index is 0.0353. The van der Waals surface area contributed by atoms with Gasteiger partial charge in [0.15, 0.2) is 0 Å². The van der Waals surface area contributed by atoms with Gasteiger partial charge in [-0.15, -0.1) is 0 Å².